The number of ketones is 1. The number of hydrogen-bond donors (Lipinski definition) is 0. The van der Waals surface area contributed by atoms with Gasteiger partial charge < -0.3 is 0 Å². The summed E-state index contributed by atoms with van der Waals surface area (Å²) < 4.78 is 0.216. The maximum Gasteiger partial charge on any atom is 0.293 e. The highest BCUT2D eigenvalue weighted by molar-refractivity contribution is 8.18. The van der Waals surface area contributed by atoms with Gasteiger partial charge in [0.1, 0.15) is 5.15 Å². The van der Waals surface area contributed by atoms with Crippen molar-refractivity contribution in [1.29, 1.82) is 0 Å². The maximum absolute atomic E-state index is 12.5. The number of thiazole rings is 1. The van der Waals surface area contributed by atoms with Crippen molar-refractivity contribution < 1.29 is 14.4 Å². The molecule has 1 aliphatic heterocycles. The first-order chi connectivity index (χ1) is 12.3. The zero-order valence-electron chi connectivity index (χ0n) is 12.5. The zero-order chi connectivity index (χ0) is 19.0. The van der Waals surface area contributed by atoms with Gasteiger partial charge in [0.05, 0.1) is 21.3 Å². The van der Waals surface area contributed by atoms with Crippen LogP contribution in [-0.4, -0.2) is 33.4 Å². The van der Waals surface area contributed by atoms with Crippen LogP contribution in [0.3, 0.4) is 0 Å². The normalized spacial score (nSPS) is 16.0. The van der Waals surface area contributed by atoms with Crippen molar-refractivity contribution >= 4 is 92.5 Å². The van der Waals surface area contributed by atoms with Crippen LogP contribution in [-0.2, 0) is 4.79 Å². The van der Waals surface area contributed by atoms with Crippen molar-refractivity contribution in [2.24, 2.45) is 0 Å². The van der Waals surface area contributed by atoms with Crippen molar-refractivity contribution in [3.8, 4) is 0 Å². The minimum Gasteiger partial charge on any atom is -0.292 e. The molecule has 1 fully saturated rings. The van der Waals surface area contributed by atoms with E-state index < -0.39 is 23.5 Å². The molecule has 1 aromatic heterocycles. The molecule has 0 atom stereocenters. The van der Waals surface area contributed by atoms with E-state index in [-0.39, 0.29) is 25.1 Å². The number of carbonyl (C=O) groups is 3. The average Bonchev–Trinajstić information content (AvgIpc) is 3.00. The van der Waals surface area contributed by atoms with E-state index >= 15 is 0 Å². The van der Waals surface area contributed by atoms with Crippen LogP contribution in [0.25, 0.3) is 6.08 Å². The maximum atomic E-state index is 12.5. The average molecular weight is 468 g/mol. The van der Waals surface area contributed by atoms with Crippen LogP contribution in [0.5, 0.6) is 0 Å². The second kappa shape index (κ2) is 7.88. The topological polar surface area (TPSA) is 67.3 Å². The number of rotatable bonds is 4. The Morgan fingerprint density at radius 2 is 1.92 bits per heavy atom. The molecule has 0 radical (unpaired) electrons. The number of halogens is 4. The first-order valence-corrected chi connectivity index (χ1v) is 9.96. The summed E-state index contributed by atoms with van der Waals surface area (Å²) in [4.78, 5) is 42.2. The van der Waals surface area contributed by atoms with E-state index in [2.05, 4.69) is 4.98 Å². The smallest absolute Gasteiger partial charge is 0.292 e. The van der Waals surface area contributed by atoms with Crippen molar-refractivity contribution in [3.05, 3.63) is 53.2 Å². The fourth-order valence-corrected chi connectivity index (χ4v) is 4.79. The quantitative estimate of drug-likeness (QED) is 0.427. The van der Waals surface area contributed by atoms with Crippen LogP contribution >= 0.6 is 69.5 Å². The molecule has 2 amide bonds. The molecule has 0 N–H and O–H groups in total. The molecule has 5 nitrogen and oxygen atoms in total. The Bertz CT molecular complexity index is 974. The molecule has 1 aliphatic rings. The van der Waals surface area contributed by atoms with Gasteiger partial charge in [0.25, 0.3) is 11.1 Å². The predicted octanol–water partition coefficient (Wildman–Crippen LogP) is 5.68. The number of aromatic nitrogens is 1. The summed E-state index contributed by atoms with van der Waals surface area (Å²) >= 11 is 25.3. The highest BCUT2D eigenvalue weighted by Crippen LogP contribution is 2.36. The van der Waals surface area contributed by atoms with Crippen LogP contribution in [0.15, 0.2) is 23.1 Å². The summed E-state index contributed by atoms with van der Waals surface area (Å²) in [7, 11) is 0. The SMILES string of the molecule is O=C(CN1C(=O)S/C(=C/c2sc(Cl)nc2Cl)C1=O)c1ccc(Cl)cc1Cl. The van der Waals surface area contributed by atoms with Crippen LogP contribution in [0.4, 0.5) is 4.79 Å². The second-order valence-electron chi connectivity index (χ2n) is 4.94. The Balaban J connectivity index is 1.81. The molecule has 0 bridgehead atoms. The van der Waals surface area contributed by atoms with Crippen LogP contribution in [0, 0.1) is 0 Å². The number of hydrogen-bond acceptors (Lipinski definition) is 6. The van der Waals surface area contributed by atoms with Crippen LogP contribution in [0.1, 0.15) is 15.2 Å². The third kappa shape index (κ3) is 4.08. The van der Waals surface area contributed by atoms with E-state index in [4.69, 9.17) is 46.4 Å². The predicted molar refractivity (Wildman–Crippen MR) is 106 cm³/mol. The molecule has 134 valence electrons. The molecule has 0 saturated carbocycles. The minimum absolute atomic E-state index is 0.132. The van der Waals surface area contributed by atoms with Crippen molar-refractivity contribution in [3.63, 3.8) is 0 Å². The number of nitrogens with zero attached hydrogens (tertiary/aromatic N) is 2. The standard InChI is InChI=1S/C15H6Cl4N2O3S2/c16-6-1-2-7(8(17)3-6)9(22)5-21-13(23)11(26-15(21)24)4-10-12(18)20-14(19)25-10/h1-4H,5H2/b11-4+. The molecular formula is C15H6Cl4N2O3S2. The molecule has 3 rings (SSSR count). The Morgan fingerprint density at radius 1 is 1.19 bits per heavy atom. The number of Topliss-reactive ketones (excluding diaryl/α,β-unsaturated/α-hetero) is 1. The number of carbonyl (C=O) groups excluding carboxylic acids is 3. The lowest BCUT2D eigenvalue weighted by Crippen LogP contribution is -2.33. The summed E-state index contributed by atoms with van der Waals surface area (Å²) in [6.07, 6.45) is 1.43. The number of benzene rings is 1. The molecule has 2 aromatic rings. The number of amides is 2. The summed E-state index contributed by atoms with van der Waals surface area (Å²) in [5, 5.41) is 0.0964. The summed E-state index contributed by atoms with van der Waals surface area (Å²) in [6.45, 7) is -0.430. The van der Waals surface area contributed by atoms with Crippen molar-refractivity contribution in [1.82, 2.24) is 9.88 Å². The molecule has 1 aromatic carbocycles. The lowest BCUT2D eigenvalue weighted by atomic mass is 10.1. The van der Waals surface area contributed by atoms with Gasteiger partial charge in [0.15, 0.2) is 10.3 Å². The van der Waals surface area contributed by atoms with Crippen molar-refractivity contribution in [2.75, 3.05) is 6.54 Å². The summed E-state index contributed by atoms with van der Waals surface area (Å²) in [5.74, 6) is -1.08. The van der Waals surface area contributed by atoms with Crippen molar-refractivity contribution in [2.45, 2.75) is 0 Å². The van der Waals surface area contributed by atoms with Crippen LogP contribution in [0.2, 0.25) is 19.7 Å². The van der Waals surface area contributed by atoms with Gasteiger partial charge >= 0.3 is 0 Å². The van der Waals surface area contributed by atoms with E-state index in [9.17, 15) is 14.4 Å². The first-order valence-electron chi connectivity index (χ1n) is 6.81. The Hall–Kier alpha value is -1.09. The van der Waals surface area contributed by atoms with Gasteiger partial charge in [0.2, 0.25) is 0 Å². The molecule has 2 heterocycles. The largest absolute Gasteiger partial charge is 0.293 e. The molecule has 0 unspecified atom stereocenters. The molecule has 1 saturated heterocycles. The minimum atomic E-state index is -0.598. The summed E-state index contributed by atoms with van der Waals surface area (Å²) in [5.41, 5.74) is 0.177. The van der Waals surface area contributed by atoms with Gasteiger partial charge in [-0.15, -0.1) is 11.3 Å². The first kappa shape index (κ1) is 19.7. The van der Waals surface area contributed by atoms with E-state index in [1.165, 1.54) is 24.3 Å². The zero-order valence-corrected chi connectivity index (χ0v) is 17.1. The van der Waals surface area contributed by atoms with Gasteiger partial charge in [-0.2, -0.15) is 0 Å². The lowest BCUT2D eigenvalue weighted by molar-refractivity contribution is -0.122. The van der Waals surface area contributed by atoms with Gasteiger partial charge in [-0.25, -0.2) is 4.98 Å². The van der Waals surface area contributed by atoms with Gasteiger partial charge in [-0.3, -0.25) is 19.3 Å². The van der Waals surface area contributed by atoms with Gasteiger partial charge in [-0.05, 0) is 36.0 Å². The van der Waals surface area contributed by atoms with Crippen LogP contribution < -0.4 is 0 Å². The van der Waals surface area contributed by atoms with E-state index in [0.29, 0.717) is 21.7 Å². The van der Waals surface area contributed by atoms with Gasteiger partial charge in [-0.1, -0.05) is 46.4 Å². The fourth-order valence-electron chi connectivity index (χ4n) is 2.08. The van der Waals surface area contributed by atoms with E-state index in [0.717, 1.165) is 16.2 Å². The molecule has 0 spiro atoms. The molecule has 11 heteroatoms. The number of imide groups is 1. The van der Waals surface area contributed by atoms with E-state index in [1.54, 1.807) is 0 Å². The molecular weight excluding hydrogens is 462 g/mol. The monoisotopic (exact) mass is 466 g/mol. The lowest BCUT2D eigenvalue weighted by Gasteiger charge is -2.12. The highest BCUT2D eigenvalue weighted by atomic mass is 35.5. The Morgan fingerprint density at radius 3 is 2.54 bits per heavy atom. The fraction of sp³-hybridized carbons (Fsp3) is 0.0667. The van der Waals surface area contributed by atoms with E-state index in [1.807, 2.05) is 0 Å². The highest BCUT2D eigenvalue weighted by Gasteiger charge is 2.37. The van der Waals surface area contributed by atoms with Gasteiger partial charge in [0, 0.05) is 10.6 Å². The Labute approximate surface area is 175 Å². The Kier molecular flexibility index (Phi) is 5.96. The molecule has 26 heavy (non-hydrogen) atoms. The third-order valence-corrected chi connectivity index (χ3v) is 6.21. The number of thioether (sulfide) groups is 1. The molecule has 0 aliphatic carbocycles. The third-order valence-electron chi connectivity index (χ3n) is 3.25. The second-order valence-corrected chi connectivity index (χ2v) is 8.74. The summed E-state index contributed by atoms with van der Waals surface area (Å²) in [6, 6.07) is 4.37.